The van der Waals surface area contributed by atoms with Crippen LogP contribution in [0, 0.1) is 23.1 Å². The summed E-state index contributed by atoms with van der Waals surface area (Å²) in [5.41, 5.74) is 3.22. The lowest BCUT2D eigenvalue weighted by Gasteiger charge is -2.37. The Morgan fingerprint density at radius 1 is 1.21 bits per heavy atom. The number of anilines is 1. The molecule has 1 N–H and O–H groups in total. The van der Waals surface area contributed by atoms with Gasteiger partial charge in [-0.2, -0.15) is 5.26 Å². The van der Waals surface area contributed by atoms with Crippen LogP contribution in [0.15, 0.2) is 60.9 Å². The maximum Gasteiger partial charge on any atom is 0.254 e. The lowest BCUT2D eigenvalue weighted by Crippen LogP contribution is -2.41. The van der Waals surface area contributed by atoms with Gasteiger partial charge in [-0.05, 0) is 61.1 Å². The van der Waals surface area contributed by atoms with Gasteiger partial charge in [-0.1, -0.05) is 18.2 Å². The molecule has 1 aliphatic heterocycles. The highest BCUT2D eigenvalue weighted by Gasteiger charge is 2.38. The predicted octanol–water partition coefficient (Wildman–Crippen LogP) is 4.69. The first-order valence-electron chi connectivity index (χ1n) is 11.0. The van der Waals surface area contributed by atoms with Gasteiger partial charge in [0, 0.05) is 35.8 Å². The van der Waals surface area contributed by atoms with Gasteiger partial charge in [0.1, 0.15) is 17.6 Å². The molecule has 1 aromatic heterocycles. The van der Waals surface area contributed by atoms with Gasteiger partial charge in [0.05, 0.1) is 11.6 Å². The predicted molar refractivity (Wildman–Crippen MR) is 121 cm³/mol. The van der Waals surface area contributed by atoms with Crippen molar-refractivity contribution in [2.24, 2.45) is 5.92 Å². The normalized spacial score (nSPS) is 17.3. The summed E-state index contributed by atoms with van der Waals surface area (Å²) in [6, 6.07) is 15.5. The third-order valence-electron chi connectivity index (χ3n) is 6.21. The van der Waals surface area contributed by atoms with E-state index in [0.29, 0.717) is 23.8 Å². The largest absolute Gasteiger partial charge is 0.473 e. The summed E-state index contributed by atoms with van der Waals surface area (Å²) < 4.78 is 19.6. The molecule has 1 fully saturated rings. The molecule has 2 aromatic carbocycles. The molecule has 5 rings (SSSR count). The van der Waals surface area contributed by atoms with Crippen LogP contribution in [-0.4, -0.2) is 29.1 Å². The molecule has 0 unspecified atom stereocenters. The van der Waals surface area contributed by atoms with Gasteiger partial charge in [0.25, 0.3) is 5.91 Å². The summed E-state index contributed by atoms with van der Waals surface area (Å²) in [5.74, 6) is 0.686. The van der Waals surface area contributed by atoms with Crippen LogP contribution in [0.5, 0.6) is 5.75 Å². The van der Waals surface area contributed by atoms with Crippen molar-refractivity contribution >= 4 is 11.6 Å². The summed E-state index contributed by atoms with van der Waals surface area (Å²) in [6.07, 6.45) is 6.44. The molecule has 1 atom stereocenters. The Morgan fingerprint density at radius 2 is 2.06 bits per heavy atom. The number of nitrogens with one attached hydrogen (secondary N) is 1. The molecule has 1 aliphatic carbocycles. The van der Waals surface area contributed by atoms with Crippen molar-refractivity contribution in [3.8, 4) is 11.8 Å². The number of aromatic nitrogens is 1. The molecule has 0 radical (unpaired) electrons. The number of nitrogens with zero attached hydrogens (tertiary/aromatic N) is 3. The van der Waals surface area contributed by atoms with E-state index in [2.05, 4.69) is 10.3 Å². The fraction of sp³-hybridized carbons (Fsp3) is 0.269. The summed E-state index contributed by atoms with van der Waals surface area (Å²) >= 11 is 0. The number of carbonyl (C=O) groups excluding carboxylic acids is 1. The minimum Gasteiger partial charge on any atom is -0.473 e. The van der Waals surface area contributed by atoms with E-state index in [1.165, 1.54) is 12.1 Å². The van der Waals surface area contributed by atoms with Gasteiger partial charge in [-0.3, -0.25) is 9.78 Å². The number of rotatable bonds is 7. The van der Waals surface area contributed by atoms with E-state index in [-0.39, 0.29) is 24.2 Å². The molecule has 2 heterocycles. The average molecular weight is 442 g/mol. The third-order valence-corrected chi connectivity index (χ3v) is 6.21. The maximum absolute atomic E-state index is 13.6. The average Bonchev–Trinajstić information content (AvgIpc) is 3.66. The fourth-order valence-corrected chi connectivity index (χ4v) is 4.28. The lowest BCUT2D eigenvalue weighted by atomic mass is 9.89. The number of halogens is 1. The second kappa shape index (κ2) is 8.91. The first-order valence-corrected chi connectivity index (χ1v) is 11.0. The minimum absolute atomic E-state index is 0.0281. The SMILES string of the molecule is N#Cc1cc(NCOc2ccncc2[C@@H]2Cc3ccccc3C(=O)N2CC2CC2)ccc1F. The monoisotopic (exact) mass is 442 g/mol. The van der Waals surface area contributed by atoms with Gasteiger partial charge in [0.2, 0.25) is 0 Å². The van der Waals surface area contributed by atoms with Crippen LogP contribution in [-0.2, 0) is 6.42 Å². The van der Waals surface area contributed by atoms with Gasteiger partial charge < -0.3 is 15.0 Å². The molecule has 0 spiro atoms. The number of pyridine rings is 1. The number of benzene rings is 2. The highest BCUT2D eigenvalue weighted by molar-refractivity contribution is 5.97. The van der Waals surface area contributed by atoms with E-state index in [1.807, 2.05) is 35.2 Å². The first-order chi connectivity index (χ1) is 16.1. The molecule has 166 valence electrons. The smallest absolute Gasteiger partial charge is 0.254 e. The number of hydrogen-bond donors (Lipinski definition) is 1. The Bertz CT molecular complexity index is 1230. The molecule has 6 nitrogen and oxygen atoms in total. The summed E-state index contributed by atoms with van der Waals surface area (Å²) in [4.78, 5) is 19.6. The Morgan fingerprint density at radius 3 is 2.88 bits per heavy atom. The van der Waals surface area contributed by atoms with E-state index < -0.39 is 5.82 Å². The zero-order valence-corrected chi connectivity index (χ0v) is 18.0. The second-order valence-corrected chi connectivity index (χ2v) is 8.46. The van der Waals surface area contributed by atoms with Crippen LogP contribution in [0.1, 0.15) is 45.9 Å². The quantitative estimate of drug-likeness (QED) is 0.537. The number of fused-ring (bicyclic) bond motifs is 1. The first kappa shape index (κ1) is 21.0. The summed E-state index contributed by atoms with van der Waals surface area (Å²) in [5, 5.41) is 12.1. The summed E-state index contributed by atoms with van der Waals surface area (Å²) in [6.45, 7) is 0.852. The minimum atomic E-state index is -0.557. The maximum atomic E-state index is 13.6. The van der Waals surface area contributed by atoms with E-state index in [0.717, 1.165) is 36.1 Å². The zero-order valence-electron chi connectivity index (χ0n) is 18.0. The molecule has 2 aliphatic rings. The summed E-state index contributed by atoms with van der Waals surface area (Å²) in [7, 11) is 0. The van der Waals surface area contributed by atoms with E-state index in [4.69, 9.17) is 10.00 Å². The Hall–Kier alpha value is -3.92. The van der Waals surface area contributed by atoms with Crippen molar-refractivity contribution in [2.75, 3.05) is 18.6 Å². The Kier molecular flexibility index (Phi) is 5.66. The number of ether oxygens (including phenoxy) is 1. The van der Waals surface area contributed by atoms with Crippen molar-refractivity contribution in [3.63, 3.8) is 0 Å². The molecule has 7 heteroatoms. The van der Waals surface area contributed by atoms with Crippen LogP contribution in [0.25, 0.3) is 0 Å². The number of hydrogen-bond acceptors (Lipinski definition) is 5. The van der Waals surface area contributed by atoms with Crippen LogP contribution in [0.2, 0.25) is 0 Å². The van der Waals surface area contributed by atoms with Crippen molar-refractivity contribution in [1.82, 2.24) is 9.88 Å². The topological polar surface area (TPSA) is 78.2 Å². The molecule has 1 saturated carbocycles. The van der Waals surface area contributed by atoms with Crippen molar-refractivity contribution in [2.45, 2.75) is 25.3 Å². The Labute approximate surface area is 191 Å². The van der Waals surface area contributed by atoms with Gasteiger partial charge in [0.15, 0.2) is 6.73 Å². The second-order valence-electron chi connectivity index (χ2n) is 8.46. The Balaban J connectivity index is 1.38. The molecule has 0 saturated heterocycles. The number of nitriles is 1. The molecular formula is C26H23FN4O2. The van der Waals surface area contributed by atoms with Crippen molar-refractivity contribution < 1.29 is 13.9 Å². The molecule has 1 amide bonds. The molecular weight excluding hydrogens is 419 g/mol. The van der Waals surface area contributed by atoms with Crippen LogP contribution in [0.3, 0.4) is 0 Å². The van der Waals surface area contributed by atoms with E-state index in [1.54, 1.807) is 24.5 Å². The highest BCUT2D eigenvalue weighted by atomic mass is 19.1. The molecule has 33 heavy (non-hydrogen) atoms. The van der Waals surface area contributed by atoms with Gasteiger partial charge in [-0.25, -0.2) is 4.39 Å². The van der Waals surface area contributed by atoms with Crippen LogP contribution >= 0.6 is 0 Å². The standard InChI is InChI=1S/C26H23FN4O2/c27-23-8-7-20(11-19(23)13-28)30-16-33-25-9-10-29-14-22(25)24-12-18-3-1-2-4-21(18)26(32)31(24)15-17-5-6-17/h1-4,7-11,14,17,24,30H,5-6,12,15-16H2/t24-/m0/s1. The van der Waals surface area contributed by atoms with E-state index >= 15 is 0 Å². The van der Waals surface area contributed by atoms with Gasteiger partial charge in [-0.15, -0.1) is 0 Å². The van der Waals surface area contributed by atoms with Crippen LogP contribution < -0.4 is 10.1 Å². The zero-order chi connectivity index (χ0) is 22.8. The lowest BCUT2D eigenvalue weighted by molar-refractivity contribution is 0.0633. The van der Waals surface area contributed by atoms with Crippen LogP contribution in [0.4, 0.5) is 10.1 Å². The van der Waals surface area contributed by atoms with Gasteiger partial charge >= 0.3 is 0 Å². The molecule has 0 bridgehead atoms. The fourth-order valence-electron chi connectivity index (χ4n) is 4.28. The molecule has 3 aromatic rings. The van der Waals surface area contributed by atoms with Crippen molar-refractivity contribution in [1.29, 1.82) is 5.26 Å². The third kappa shape index (κ3) is 4.37. The van der Waals surface area contributed by atoms with E-state index in [9.17, 15) is 9.18 Å². The highest BCUT2D eigenvalue weighted by Crippen LogP contribution is 2.40. The van der Waals surface area contributed by atoms with Crippen molar-refractivity contribution in [3.05, 3.63) is 89.0 Å². The number of amides is 1. The number of carbonyl (C=O) groups is 1.